The van der Waals surface area contributed by atoms with Crippen LogP contribution in [0.3, 0.4) is 0 Å². The van der Waals surface area contributed by atoms with Crippen LogP contribution in [0.1, 0.15) is 19.4 Å². The monoisotopic (exact) mass is 367 g/mol. The maximum atomic E-state index is 12.2. The van der Waals surface area contributed by atoms with Gasteiger partial charge in [0.05, 0.1) is 30.6 Å². The Morgan fingerprint density at radius 2 is 1.85 bits per heavy atom. The van der Waals surface area contributed by atoms with Gasteiger partial charge in [0.2, 0.25) is 5.91 Å². The van der Waals surface area contributed by atoms with Crippen molar-refractivity contribution >= 4 is 16.9 Å². The molecule has 27 heavy (non-hydrogen) atoms. The van der Waals surface area contributed by atoms with Gasteiger partial charge in [0.15, 0.2) is 11.5 Å². The highest BCUT2D eigenvalue weighted by atomic mass is 16.5. The van der Waals surface area contributed by atoms with Crippen LogP contribution in [0, 0.1) is 0 Å². The summed E-state index contributed by atoms with van der Waals surface area (Å²) in [5.41, 5.74) is 2.94. The summed E-state index contributed by atoms with van der Waals surface area (Å²) >= 11 is 0. The summed E-state index contributed by atoms with van der Waals surface area (Å²) < 4.78 is 13.1. The number of ether oxygens (including phenoxy) is 2. The van der Waals surface area contributed by atoms with Gasteiger partial charge < -0.3 is 19.4 Å². The standard InChI is InChI=1S/C21H25N3O3/c1-3-26-19-10-9-16(13-20(19)27-4-2)11-12-22-21(25)14-24-15-23-17-7-5-6-8-18(17)24/h5-10,13,15H,3-4,11-12,14H2,1-2H3,(H,22,25). The summed E-state index contributed by atoms with van der Waals surface area (Å²) in [5, 5.41) is 2.97. The molecule has 1 amide bonds. The number of rotatable bonds is 9. The molecule has 6 nitrogen and oxygen atoms in total. The fraction of sp³-hybridized carbons (Fsp3) is 0.333. The number of hydrogen-bond acceptors (Lipinski definition) is 4. The third-order valence-corrected chi connectivity index (χ3v) is 4.18. The van der Waals surface area contributed by atoms with Crippen molar-refractivity contribution in [2.45, 2.75) is 26.8 Å². The van der Waals surface area contributed by atoms with Gasteiger partial charge in [-0.25, -0.2) is 4.98 Å². The average molecular weight is 367 g/mol. The molecule has 0 saturated carbocycles. The third-order valence-electron chi connectivity index (χ3n) is 4.18. The molecule has 0 aliphatic rings. The van der Waals surface area contributed by atoms with Gasteiger partial charge in [0.25, 0.3) is 0 Å². The molecule has 0 fully saturated rings. The fourth-order valence-electron chi connectivity index (χ4n) is 2.94. The molecule has 0 spiro atoms. The fourth-order valence-corrected chi connectivity index (χ4v) is 2.94. The lowest BCUT2D eigenvalue weighted by Gasteiger charge is -2.13. The first-order valence-corrected chi connectivity index (χ1v) is 9.26. The molecule has 1 N–H and O–H groups in total. The van der Waals surface area contributed by atoms with Crippen molar-refractivity contribution in [2.75, 3.05) is 19.8 Å². The van der Waals surface area contributed by atoms with Gasteiger partial charge in [0, 0.05) is 6.54 Å². The van der Waals surface area contributed by atoms with Crippen molar-refractivity contribution in [1.29, 1.82) is 0 Å². The molecular weight excluding hydrogens is 342 g/mol. The van der Waals surface area contributed by atoms with E-state index in [2.05, 4.69) is 10.3 Å². The molecule has 2 aromatic carbocycles. The van der Waals surface area contributed by atoms with Crippen LogP contribution in [0.15, 0.2) is 48.8 Å². The van der Waals surface area contributed by atoms with Crippen molar-refractivity contribution in [3.63, 3.8) is 0 Å². The number of nitrogens with one attached hydrogen (secondary N) is 1. The minimum Gasteiger partial charge on any atom is -0.490 e. The van der Waals surface area contributed by atoms with E-state index in [1.54, 1.807) is 6.33 Å². The van der Waals surface area contributed by atoms with Crippen LogP contribution in [0.25, 0.3) is 11.0 Å². The summed E-state index contributed by atoms with van der Waals surface area (Å²) in [4.78, 5) is 16.6. The summed E-state index contributed by atoms with van der Waals surface area (Å²) in [6.07, 6.45) is 2.42. The van der Waals surface area contributed by atoms with Gasteiger partial charge in [0.1, 0.15) is 6.54 Å². The maximum Gasteiger partial charge on any atom is 0.240 e. The molecule has 0 saturated heterocycles. The molecular formula is C21H25N3O3. The molecule has 6 heteroatoms. The van der Waals surface area contributed by atoms with E-state index in [4.69, 9.17) is 9.47 Å². The highest BCUT2D eigenvalue weighted by Crippen LogP contribution is 2.28. The molecule has 142 valence electrons. The van der Waals surface area contributed by atoms with Crippen molar-refractivity contribution in [3.8, 4) is 11.5 Å². The predicted octanol–water partition coefficient (Wildman–Crippen LogP) is 3.19. The van der Waals surface area contributed by atoms with Crippen LogP contribution in [-0.4, -0.2) is 35.2 Å². The Labute approximate surface area is 159 Å². The Morgan fingerprint density at radius 1 is 1.07 bits per heavy atom. The van der Waals surface area contributed by atoms with Gasteiger partial charge >= 0.3 is 0 Å². The Morgan fingerprint density at radius 3 is 2.67 bits per heavy atom. The van der Waals surface area contributed by atoms with Crippen molar-refractivity contribution in [3.05, 3.63) is 54.4 Å². The minimum absolute atomic E-state index is 0.0332. The molecule has 1 heterocycles. The number of imidazole rings is 1. The van der Waals surface area contributed by atoms with E-state index < -0.39 is 0 Å². The molecule has 0 unspecified atom stereocenters. The Balaban J connectivity index is 1.54. The second-order valence-electron chi connectivity index (χ2n) is 6.11. The van der Waals surface area contributed by atoms with E-state index in [0.717, 1.165) is 34.5 Å². The Bertz CT molecular complexity index is 905. The van der Waals surface area contributed by atoms with Gasteiger partial charge in [-0.05, 0) is 50.1 Å². The SMILES string of the molecule is CCOc1ccc(CCNC(=O)Cn2cnc3ccccc32)cc1OCC. The molecule has 0 aliphatic heterocycles. The van der Waals surface area contributed by atoms with Crippen LogP contribution in [0.4, 0.5) is 0 Å². The van der Waals surface area contributed by atoms with Crippen molar-refractivity contribution < 1.29 is 14.3 Å². The first kappa shape index (κ1) is 18.8. The van der Waals surface area contributed by atoms with E-state index in [9.17, 15) is 4.79 Å². The van der Waals surface area contributed by atoms with Crippen molar-refractivity contribution in [1.82, 2.24) is 14.9 Å². The predicted molar refractivity (Wildman–Crippen MR) is 105 cm³/mol. The van der Waals surface area contributed by atoms with E-state index in [-0.39, 0.29) is 12.5 Å². The summed E-state index contributed by atoms with van der Waals surface area (Å²) in [5.74, 6) is 1.46. The smallest absolute Gasteiger partial charge is 0.240 e. The maximum absolute atomic E-state index is 12.2. The van der Waals surface area contributed by atoms with E-state index in [1.165, 1.54) is 0 Å². The van der Waals surface area contributed by atoms with Crippen LogP contribution in [0.5, 0.6) is 11.5 Å². The lowest BCUT2D eigenvalue weighted by molar-refractivity contribution is -0.121. The zero-order chi connectivity index (χ0) is 19.1. The zero-order valence-electron chi connectivity index (χ0n) is 15.8. The number of benzene rings is 2. The molecule has 1 aromatic heterocycles. The van der Waals surface area contributed by atoms with Crippen LogP contribution in [-0.2, 0) is 17.8 Å². The van der Waals surface area contributed by atoms with Crippen molar-refractivity contribution in [2.24, 2.45) is 0 Å². The number of hydrogen-bond donors (Lipinski definition) is 1. The number of fused-ring (bicyclic) bond motifs is 1. The average Bonchev–Trinajstić information content (AvgIpc) is 3.07. The second-order valence-corrected chi connectivity index (χ2v) is 6.11. The first-order valence-electron chi connectivity index (χ1n) is 9.26. The van der Waals surface area contributed by atoms with Crippen LogP contribution >= 0.6 is 0 Å². The lowest BCUT2D eigenvalue weighted by atomic mass is 10.1. The van der Waals surface area contributed by atoms with E-state index in [0.29, 0.717) is 19.8 Å². The normalized spacial score (nSPS) is 10.7. The van der Waals surface area contributed by atoms with Gasteiger partial charge in [-0.2, -0.15) is 0 Å². The Hall–Kier alpha value is -3.02. The van der Waals surface area contributed by atoms with E-state index >= 15 is 0 Å². The Kier molecular flexibility index (Phi) is 6.30. The van der Waals surface area contributed by atoms with Gasteiger partial charge in [-0.3, -0.25) is 4.79 Å². The van der Waals surface area contributed by atoms with Crippen LogP contribution in [0.2, 0.25) is 0 Å². The van der Waals surface area contributed by atoms with Crippen LogP contribution < -0.4 is 14.8 Å². The third kappa shape index (κ3) is 4.78. The number of carbonyl (C=O) groups is 1. The summed E-state index contributed by atoms with van der Waals surface area (Å²) in [6, 6.07) is 13.7. The largest absolute Gasteiger partial charge is 0.490 e. The number of para-hydroxylation sites is 2. The summed E-state index contributed by atoms with van der Waals surface area (Å²) in [6.45, 7) is 5.89. The highest BCUT2D eigenvalue weighted by molar-refractivity contribution is 5.80. The summed E-state index contributed by atoms with van der Waals surface area (Å²) in [7, 11) is 0. The zero-order valence-corrected chi connectivity index (χ0v) is 15.8. The van der Waals surface area contributed by atoms with Gasteiger partial charge in [-0.1, -0.05) is 18.2 Å². The van der Waals surface area contributed by atoms with Gasteiger partial charge in [-0.15, -0.1) is 0 Å². The number of aromatic nitrogens is 2. The molecule has 0 atom stereocenters. The number of amides is 1. The topological polar surface area (TPSA) is 65.4 Å². The minimum atomic E-state index is -0.0332. The molecule has 0 radical (unpaired) electrons. The van der Waals surface area contributed by atoms with E-state index in [1.807, 2.05) is 60.9 Å². The molecule has 0 aliphatic carbocycles. The molecule has 3 rings (SSSR count). The number of nitrogens with zero attached hydrogens (tertiary/aromatic N) is 2. The highest BCUT2D eigenvalue weighted by Gasteiger charge is 2.08. The first-order chi connectivity index (χ1) is 13.2. The molecule has 0 bridgehead atoms. The lowest BCUT2D eigenvalue weighted by Crippen LogP contribution is -2.29. The molecule has 3 aromatic rings. The second kappa shape index (κ2) is 9.07. The number of carbonyl (C=O) groups excluding carboxylic acids is 1. The quantitative estimate of drug-likeness (QED) is 0.631.